The molecule has 0 radical (unpaired) electrons. The fraction of sp³-hybridized carbons (Fsp3) is 0.240. The highest BCUT2D eigenvalue weighted by Crippen LogP contribution is 2.32. The molecule has 3 aromatic rings. The first kappa shape index (κ1) is 23.7. The van der Waals surface area contributed by atoms with Crippen LogP contribution in [0, 0.1) is 10.1 Å². The maximum absolute atomic E-state index is 10.9. The van der Waals surface area contributed by atoms with Crippen molar-refractivity contribution >= 4 is 11.4 Å². The van der Waals surface area contributed by atoms with Gasteiger partial charge >= 0.3 is 0 Å². The molecular weight excluding hydrogens is 422 g/mol. The maximum Gasteiger partial charge on any atom is 0.269 e. The van der Waals surface area contributed by atoms with Crippen LogP contribution in [0.4, 0.5) is 5.69 Å². The summed E-state index contributed by atoms with van der Waals surface area (Å²) < 4.78 is 11.0. The molecule has 172 valence electrons. The maximum atomic E-state index is 10.9. The number of hydrogen-bond acceptors (Lipinski definition) is 7. The number of nitro benzene ring substituents is 1. The minimum Gasteiger partial charge on any atom is -0.493 e. The van der Waals surface area contributed by atoms with Crippen molar-refractivity contribution in [3.05, 3.63) is 99.1 Å². The molecule has 8 heteroatoms. The molecule has 0 fully saturated rings. The predicted molar refractivity (Wildman–Crippen MR) is 127 cm³/mol. The topological polar surface area (TPSA) is 97.4 Å². The zero-order chi connectivity index (χ0) is 23.8. The van der Waals surface area contributed by atoms with Crippen LogP contribution in [0.25, 0.3) is 0 Å². The van der Waals surface area contributed by atoms with Gasteiger partial charge in [0.25, 0.3) is 5.69 Å². The highest BCUT2D eigenvalue weighted by molar-refractivity contribution is 6.13. The van der Waals surface area contributed by atoms with Crippen LogP contribution in [0.1, 0.15) is 22.3 Å². The van der Waals surface area contributed by atoms with E-state index in [1.165, 1.54) is 12.1 Å². The fourth-order valence-electron chi connectivity index (χ4n) is 3.64. The number of non-ortho nitro benzene ring substituents is 1. The van der Waals surface area contributed by atoms with Crippen LogP contribution in [0.5, 0.6) is 11.5 Å². The van der Waals surface area contributed by atoms with E-state index in [0.29, 0.717) is 36.7 Å². The largest absolute Gasteiger partial charge is 0.493 e. The Balaban J connectivity index is 1.84. The van der Waals surface area contributed by atoms with Gasteiger partial charge in [-0.2, -0.15) is 0 Å². The van der Waals surface area contributed by atoms with Crippen molar-refractivity contribution in [1.29, 1.82) is 0 Å². The third-order valence-electron chi connectivity index (χ3n) is 5.37. The summed E-state index contributed by atoms with van der Waals surface area (Å²) in [5.41, 5.74) is 3.99. The first-order valence-electron chi connectivity index (χ1n) is 10.4. The van der Waals surface area contributed by atoms with Crippen molar-refractivity contribution in [2.45, 2.75) is 13.0 Å². The fourth-order valence-corrected chi connectivity index (χ4v) is 3.64. The normalized spacial score (nSPS) is 11.5. The van der Waals surface area contributed by atoms with Crippen LogP contribution in [0.15, 0.2) is 71.9 Å². The Morgan fingerprint density at radius 3 is 2.24 bits per heavy atom. The van der Waals surface area contributed by atoms with Gasteiger partial charge in [0, 0.05) is 36.3 Å². The summed E-state index contributed by atoms with van der Waals surface area (Å²) in [7, 11) is 5.14. The number of methoxy groups -OCH3 is 2. The average Bonchev–Trinajstić information content (AvgIpc) is 2.84. The number of likely N-dealkylation sites (N-methyl/N-ethyl adjacent to an activating group) is 1. The molecule has 0 aliphatic carbocycles. The second-order valence-electron chi connectivity index (χ2n) is 7.59. The van der Waals surface area contributed by atoms with Crippen LogP contribution in [-0.2, 0) is 13.0 Å². The Hall–Kier alpha value is -3.91. The molecule has 0 amide bonds. The van der Waals surface area contributed by atoms with Crippen molar-refractivity contribution in [1.82, 2.24) is 4.90 Å². The van der Waals surface area contributed by atoms with Gasteiger partial charge in [-0.25, -0.2) is 0 Å². The highest BCUT2D eigenvalue weighted by atomic mass is 16.6. The van der Waals surface area contributed by atoms with Gasteiger partial charge in [-0.05, 0) is 36.7 Å². The van der Waals surface area contributed by atoms with Crippen LogP contribution >= 0.6 is 0 Å². The van der Waals surface area contributed by atoms with Crippen molar-refractivity contribution in [2.24, 2.45) is 5.16 Å². The molecule has 0 bridgehead atoms. The van der Waals surface area contributed by atoms with E-state index in [1.807, 2.05) is 49.5 Å². The van der Waals surface area contributed by atoms with E-state index in [0.717, 1.165) is 22.3 Å². The van der Waals surface area contributed by atoms with E-state index in [9.17, 15) is 15.3 Å². The molecule has 8 nitrogen and oxygen atoms in total. The van der Waals surface area contributed by atoms with Gasteiger partial charge in [-0.1, -0.05) is 47.6 Å². The summed E-state index contributed by atoms with van der Waals surface area (Å²) in [4.78, 5) is 12.6. The van der Waals surface area contributed by atoms with Gasteiger partial charge in [0.1, 0.15) is 5.71 Å². The zero-order valence-corrected chi connectivity index (χ0v) is 18.9. The Morgan fingerprint density at radius 1 is 1.03 bits per heavy atom. The van der Waals surface area contributed by atoms with Crippen molar-refractivity contribution in [3.8, 4) is 11.5 Å². The molecule has 3 rings (SSSR count). The molecule has 0 aromatic heterocycles. The van der Waals surface area contributed by atoms with Gasteiger partial charge in [0.05, 0.1) is 19.1 Å². The smallest absolute Gasteiger partial charge is 0.269 e. The minimum absolute atomic E-state index is 0.0769. The first-order valence-corrected chi connectivity index (χ1v) is 10.4. The van der Waals surface area contributed by atoms with Gasteiger partial charge in [-0.3, -0.25) is 10.1 Å². The third-order valence-corrected chi connectivity index (χ3v) is 5.37. The summed E-state index contributed by atoms with van der Waals surface area (Å²) in [6.07, 6.45) is 0.658. The van der Waals surface area contributed by atoms with E-state index in [-0.39, 0.29) is 5.69 Å². The van der Waals surface area contributed by atoms with Gasteiger partial charge in [0.2, 0.25) is 0 Å². The lowest BCUT2D eigenvalue weighted by Gasteiger charge is -2.20. The lowest BCUT2D eigenvalue weighted by molar-refractivity contribution is -0.384. The molecule has 0 aliphatic rings. The Morgan fingerprint density at radius 2 is 1.67 bits per heavy atom. The monoisotopic (exact) mass is 449 g/mol. The molecule has 0 saturated heterocycles. The van der Waals surface area contributed by atoms with Crippen LogP contribution in [0.3, 0.4) is 0 Å². The molecule has 1 N–H and O–H groups in total. The standard InChI is InChI=1S/C25H27N3O5/c1-27(17-18-9-11-21(12-10-18)28(30)31)14-13-20-15-23(32-2)24(33-3)16-22(20)25(26-29)19-7-5-4-6-8-19/h4-12,15-16,29H,13-14,17H2,1-3H3/b26-25-. The number of nitro groups is 1. The first-order chi connectivity index (χ1) is 16.0. The summed E-state index contributed by atoms with van der Waals surface area (Å²) in [6, 6.07) is 19.7. The van der Waals surface area contributed by atoms with Crippen molar-refractivity contribution in [3.63, 3.8) is 0 Å². The van der Waals surface area contributed by atoms with E-state index in [4.69, 9.17) is 9.47 Å². The molecule has 0 atom stereocenters. The lowest BCUT2D eigenvalue weighted by Crippen LogP contribution is -2.21. The van der Waals surface area contributed by atoms with E-state index in [2.05, 4.69) is 10.1 Å². The molecule has 33 heavy (non-hydrogen) atoms. The van der Waals surface area contributed by atoms with Gasteiger partial charge in [-0.15, -0.1) is 0 Å². The molecule has 0 heterocycles. The Bertz CT molecular complexity index is 1110. The van der Waals surface area contributed by atoms with Crippen LogP contribution in [-0.4, -0.2) is 48.6 Å². The Kier molecular flexibility index (Phi) is 7.99. The molecule has 3 aromatic carbocycles. The van der Waals surface area contributed by atoms with E-state index >= 15 is 0 Å². The van der Waals surface area contributed by atoms with Gasteiger partial charge in [0.15, 0.2) is 11.5 Å². The third kappa shape index (κ3) is 5.87. The summed E-state index contributed by atoms with van der Waals surface area (Å²) in [5.74, 6) is 1.15. The number of nitrogens with zero attached hydrogens (tertiary/aromatic N) is 3. The van der Waals surface area contributed by atoms with Crippen LogP contribution < -0.4 is 9.47 Å². The number of benzene rings is 3. The second kappa shape index (κ2) is 11.1. The van der Waals surface area contributed by atoms with Crippen molar-refractivity contribution < 1.29 is 19.6 Å². The summed E-state index contributed by atoms with van der Waals surface area (Å²) in [5, 5.41) is 24.3. The van der Waals surface area contributed by atoms with E-state index in [1.54, 1.807) is 26.4 Å². The summed E-state index contributed by atoms with van der Waals surface area (Å²) in [6.45, 7) is 1.34. The number of oxime groups is 1. The molecule has 0 spiro atoms. The zero-order valence-electron chi connectivity index (χ0n) is 18.9. The quantitative estimate of drug-likeness (QED) is 0.212. The minimum atomic E-state index is -0.404. The molecule has 0 unspecified atom stereocenters. The molecular formula is C25H27N3O5. The van der Waals surface area contributed by atoms with Crippen molar-refractivity contribution in [2.75, 3.05) is 27.8 Å². The lowest BCUT2D eigenvalue weighted by atomic mass is 9.95. The summed E-state index contributed by atoms with van der Waals surface area (Å²) >= 11 is 0. The SMILES string of the molecule is COc1cc(CCN(C)Cc2ccc([N+](=O)[O-])cc2)c(/C(=N\O)c2ccccc2)cc1OC. The second-order valence-corrected chi connectivity index (χ2v) is 7.59. The average molecular weight is 450 g/mol. The Labute approximate surface area is 192 Å². The predicted octanol–water partition coefficient (Wildman–Crippen LogP) is 4.51. The molecule has 0 saturated carbocycles. The van der Waals surface area contributed by atoms with E-state index < -0.39 is 4.92 Å². The van der Waals surface area contributed by atoms with Gasteiger partial charge < -0.3 is 19.6 Å². The van der Waals surface area contributed by atoms with Crippen LogP contribution in [0.2, 0.25) is 0 Å². The number of ether oxygens (including phenoxy) is 2. The highest BCUT2D eigenvalue weighted by Gasteiger charge is 2.18. The number of hydrogen-bond donors (Lipinski definition) is 1. The number of rotatable bonds is 10. The molecule has 0 aliphatic heterocycles.